The third kappa shape index (κ3) is 3.50. The molecule has 0 aromatic heterocycles. The molecule has 0 amide bonds. The molecule has 1 aliphatic heterocycles. The zero-order chi connectivity index (χ0) is 17.0. The molecule has 3 atom stereocenters. The van der Waals surface area contributed by atoms with Crippen molar-refractivity contribution in [1.29, 1.82) is 0 Å². The van der Waals surface area contributed by atoms with E-state index < -0.39 is 0 Å². The van der Waals surface area contributed by atoms with Crippen LogP contribution in [0.2, 0.25) is 5.02 Å². The smallest absolute Gasteiger partial charge is 0.0602 e. The Bertz CT molecular complexity index is 535. The van der Waals surface area contributed by atoms with Crippen molar-refractivity contribution in [1.82, 2.24) is 15.5 Å². The van der Waals surface area contributed by atoms with Crippen molar-refractivity contribution >= 4 is 11.6 Å². The first kappa shape index (κ1) is 18.2. The second-order valence-corrected chi connectivity index (χ2v) is 7.74. The Morgan fingerprint density at radius 1 is 1.21 bits per heavy atom. The van der Waals surface area contributed by atoms with Crippen LogP contribution >= 0.6 is 11.6 Å². The zero-order valence-corrected chi connectivity index (χ0v) is 15.9. The summed E-state index contributed by atoms with van der Waals surface area (Å²) in [6.07, 6.45) is 7.58. The van der Waals surface area contributed by atoms with Gasteiger partial charge in [-0.15, -0.1) is 0 Å². The van der Waals surface area contributed by atoms with Crippen molar-refractivity contribution in [3.05, 3.63) is 34.9 Å². The van der Waals surface area contributed by atoms with Gasteiger partial charge in [-0.2, -0.15) is 0 Å². The van der Waals surface area contributed by atoms with Crippen molar-refractivity contribution in [2.45, 2.75) is 63.1 Å². The van der Waals surface area contributed by atoms with E-state index in [4.69, 9.17) is 11.6 Å². The Morgan fingerprint density at radius 3 is 2.79 bits per heavy atom. The Kier molecular flexibility index (Phi) is 6.20. The van der Waals surface area contributed by atoms with E-state index in [9.17, 15) is 0 Å². The average Bonchev–Trinajstić information content (AvgIpc) is 3.08. The Hall–Kier alpha value is -0.610. The third-order valence-corrected chi connectivity index (χ3v) is 6.54. The van der Waals surface area contributed by atoms with Crippen molar-refractivity contribution in [2.75, 3.05) is 26.7 Å². The summed E-state index contributed by atoms with van der Waals surface area (Å²) in [4.78, 5) is 2.62. The molecule has 1 aliphatic carbocycles. The number of rotatable bonds is 6. The molecule has 0 radical (unpaired) electrons. The molecule has 3 rings (SSSR count). The molecule has 24 heavy (non-hydrogen) atoms. The van der Waals surface area contributed by atoms with Crippen LogP contribution in [0.15, 0.2) is 24.3 Å². The van der Waals surface area contributed by atoms with Crippen LogP contribution in [0, 0.1) is 0 Å². The molecule has 1 saturated heterocycles. The second kappa shape index (κ2) is 8.18. The van der Waals surface area contributed by atoms with Gasteiger partial charge in [0.15, 0.2) is 0 Å². The minimum atomic E-state index is -0.0494. The lowest BCUT2D eigenvalue weighted by Crippen LogP contribution is -2.59. The monoisotopic (exact) mass is 349 g/mol. The maximum absolute atomic E-state index is 6.59. The number of hydrogen-bond donors (Lipinski definition) is 2. The number of hydrogen-bond acceptors (Lipinski definition) is 3. The largest absolute Gasteiger partial charge is 0.310 e. The number of nitrogens with one attached hydrogen (secondary N) is 2. The van der Waals surface area contributed by atoms with Crippen LogP contribution in [0.5, 0.6) is 0 Å². The SMILES string of the molecule is CCN1CCCC1CN[C@@H]1CCCC[C@]1(NC)c1ccccc1Cl. The van der Waals surface area contributed by atoms with Crippen LogP contribution in [0.4, 0.5) is 0 Å². The molecule has 1 saturated carbocycles. The van der Waals surface area contributed by atoms with Gasteiger partial charge in [0.05, 0.1) is 5.54 Å². The van der Waals surface area contributed by atoms with Gasteiger partial charge in [-0.25, -0.2) is 0 Å². The van der Waals surface area contributed by atoms with E-state index >= 15 is 0 Å². The second-order valence-electron chi connectivity index (χ2n) is 7.33. The van der Waals surface area contributed by atoms with Crippen LogP contribution in [0.25, 0.3) is 0 Å². The Morgan fingerprint density at radius 2 is 2.04 bits per heavy atom. The molecule has 1 unspecified atom stereocenters. The zero-order valence-electron chi connectivity index (χ0n) is 15.2. The summed E-state index contributed by atoms with van der Waals surface area (Å²) in [6, 6.07) is 9.50. The van der Waals surface area contributed by atoms with E-state index in [1.807, 2.05) is 12.1 Å². The highest BCUT2D eigenvalue weighted by Gasteiger charge is 2.42. The lowest BCUT2D eigenvalue weighted by molar-refractivity contribution is 0.163. The first-order valence-corrected chi connectivity index (χ1v) is 10.0. The molecule has 1 aromatic carbocycles. The van der Waals surface area contributed by atoms with Crippen LogP contribution in [0.1, 0.15) is 51.0 Å². The standard InChI is InChI=1S/C20H32ClN3/c1-3-24-14-8-9-16(24)15-23-19-12-6-7-13-20(19,22-2)17-10-4-5-11-18(17)21/h4-5,10-11,16,19,22-23H,3,6-9,12-15H2,1-2H3/t16?,19-,20+/m1/s1. The van der Waals surface area contributed by atoms with Crippen LogP contribution in [-0.4, -0.2) is 43.7 Å². The molecule has 3 nitrogen and oxygen atoms in total. The topological polar surface area (TPSA) is 27.3 Å². The highest BCUT2D eigenvalue weighted by atomic mass is 35.5. The van der Waals surface area contributed by atoms with E-state index in [0.29, 0.717) is 12.1 Å². The number of benzene rings is 1. The van der Waals surface area contributed by atoms with Crippen molar-refractivity contribution < 1.29 is 0 Å². The van der Waals surface area contributed by atoms with Crippen molar-refractivity contribution in [2.24, 2.45) is 0 Å². The summed E-state index contributed by atoms with van der Waals surface area (Å²) < 4.78 is 0. The Balaban J connectivity index is 1.78. The number of likely N-dealkylation sites (tertiary alicyclic amines) is 1. The molecule has 1 heterocycles. The van der Waals surface area contributed by atoms with E-state index in [1.165, 1.54) is 50.8 Å². The van der Waals surface area contributed by atoms with Gasteiger partial charge in [0.25, 0.3) is 0 Å². The van der Waals surface area contributed by atoms with Crippen molar-refractivity contribution in [3.8, 4) is 0 Å². The number of nitrogens with zero attached hydrogens (tertiary/aromatic N) is 1. The first-order chi connectivity index (χ1) is 11.7. The predicted molar refractivity (Wildman–Crippen MR) is 103 cm³/mol. The summed E-state index contributed by atoms with van der Waals surface area (Å²) in [5.74, 6) is 0. The lowest BCUT2D eigenvalue weighted by Gasteiger charge is -2.46. The molecule has 1 aromatic rings. The summed E-state index contributed by atoms with van der Waals surface area (Å²) in [7, 11) is 2.09. The third-order valence-electron chi connectivity index (χ3n) is 6.21. The molecule has 2 fully saturated rings. The first-order valence-electron chi connectivity index (χ1n) is 9.62. The van der Waals surface area contributed by atoms with E-state index in [1.54, 1.807) is 0 Å². The van der Waals surface area contributed by atoms with E-state index in [2.05, 4.69) is 41.6 Å². The summed E-state index contributed by atoms with van der Waals surface area (Å²) in [6.45, 7) is 5.79. The minimum absolute atomic E-state index is 0.0494. The summed E-state index contributed by atoms with van der Waals surface area (Å²) in [5, 5.41) is 8.48. The van der Waals surface area contributed by atoms with E-state index in [-0.39, 0.29) is 5.54 Å². The van der Waals surface area contributed by atoms with Crippen molar-refractivity contribution in [3.63, 3.8) is 0 Å². The molecule has 4 heteroatoms. The summed E-state index contributed by atoms with van der Waals surface area (Å²) >= 11 is 6.59. The minimum Gasteiger partial charge on any atom is -0.310 e. The highest BCUT2D eigenvalue weighted by molar-refractivity contribution is 6.31. The van der Waals surface area contributed by atoms with Crippen LogP contribution < -0.4 is 10.6 Å². The molecule has 0 spiro atoms. The van der Waals surface area contributed by atoms with Gasteiger partial charge in [-0.1, -0.05) is 49.6 Å². The molecule has 2 N–H and O–H groups in total. The van der Waals surface area contributed by atoms with Gasteiger partial charge < -0.3 is 10.6 Å². The predicted octanol–water partition coefficient (Wildman–Crippen LogP) is 3.77. The molecular weight excluding hydrogens is 318 g/mol. The van der Waals surface area contributed by atoms with E-state index in [0.717, 1.165) is 18.0 Å². The highest BCUT2D eigenvalue weighted by Crippen LogP contribution is 2.40. The molecular formula is C20H32ClN3. The molecule has 0 bridgehead atoms. The number of halogens is 1. The van der Waals surface area contributed by atoms with Gasteiger partial charge in [0.2, 0.25) is 0 Å². The van der Waals surface area contributed by atoms with Gasteiger partial charge >= 0.3 is 0 Å². The van der Waals surface area contributed by atoms with Crippen LogP contribution in [-0.2, 0) is 5.54 Å². The number of likely N-dealkylation sites (N-methyl/N-ethyl adjacent to an activating group) is 2. The normalized spacial score (nSPS) is 31.5. The summed E-state index contributed by atoms with van der Waals surface area (Å²) in [5.41, 5.74) is 1.21. The Labute approximate surface area is 152 Å². The van der Waals surface area contributed by atoms with Gasteiger partial charge in [0, 0.05) is 23.7 Å². The maximum Gasteiger partial charge on any atom is 0.0602 e. The fourth-order valence-corrected chi connectivity index (χ4v) is 5.15. The fourth-order valence-electron chi connectivity index (χ4n) is 4.85. The molecule has 134 valence electrons. The van der Waals surface area contributed by atoms with Gasteiger partial charge in [-0.3, -0.25) is 4.90 Å². The van der Waals surface area contributed by atoms with Gasteiger partial charge in [-0.05, 0) is 57.5 Å². The fraction of sp³-hybridized carbons (Fsp3) is 0.700. The maximum atomic E-state index is 6.59. The lowest BCUT2D eigenvalue weighted by atomic mass is 9.72. The quantitative estimate of drug-likeness (QED) is 0.818. The van der Waals surface area contributed by atoms with Crippen LogP contribution in [0.3, 0.4) is 0 Å². The molecule has 2 aliphatic rings. The average molecular weight is 350 g/mol. The van der Waals surface area contributed by atoms with Gasteiger partial charge in [0.1, 0.15) is 0 Å².